The summed E-state index contributed by atoms with van der Waals surface area (Å²) in [7, 11) is 0. The van der Waals surface area contributed by atoms with Gasteiger partial charge < -0.3 is 10.8 Å². The molecule has 3 N–H and O–H groups in total. The summed E-state index contributed by atoms with van der Waals surface area (Å²) in [5, 5.41) is 23.0. The Bertz CT molecular complexity index is 1730. The van der Waals surface area contributed by atoms with Gasteiger partial charge in [-0.3, -0.25) is 9.69 Å². The molecule has 0 radical (unpaired) electrons. The number of thiazole rings is 1. The molecule has 1 unspecified atom stereocenters. The van der Waals surface area contributed by atoms with E-state index in [-0.39, 0.29) is 28.5 Å². The van der Waals surface area contributed by atoms with E-state index < -0.39 is 11.9 Å². The lowest BCUT2D eigenvalue weighted by atomic mass is 9.76. The lowest BCUT2D eigenvalue weighted by Crippen LogP contribution is -2.39. The SMILES string of the molecule is Cc1ccc2nc(F)c(C3C(C#N)=C(N)N(c4nc(-c5ccc(O)cc5)cs4)C4=C3C(=O)CCC4)cc2c1. The molecule has 188 valence electrons. The van der Waals surface area contributed by atoms with Gasteiger partial charge in [-0.25, -0.2) is 9.97 Å². The zero-order chi connectivity index (χ0) is 26.6. The summed E-state index contributed by atoms with van der Waals surface area (Å²) in [5.41, 5.74) is 10.8. The fraction of sp³-hybridized carbons (Fsp3) is 0.172. The Morgan fingerprint density at radius 3 is 2.71 bits per heavy atom. The monoisotopic (exact) mass is 523 g/mol. The molecular weight excluding hydrogens is 501 g/mol. The van der Waals surface area contributed by atoms with Crippen LogP contribution in [0.3, 0.4) is 0 Å². The largest absolute Gasteiger partial charge is 0.508 e. The highest BCUT2D eigenvalue weighted by Gasteiger charge is 2.42. The molecule has 0 saturated carbocycles. The number of carbonyl (C=O) groups is 1. The summed E-state index contributed by atoms with van der Waals surface area (Å²) in [6, 6.07) is 16.0. The maximum atomic E-state index is 15.5. The van der Waals surface area contributed by atoms with Crippen LogP contribution >= 0.6 is 11.3 Å². The van der Waals surface area contributed by atoms with Gasteiger partial charge in [0.2, 0.25) is 5.95 Å². The molecule has 4 aromatic rings. The van der Waals surface area contributed by atoms with Gasteiger partial charge in [0.15, 0.2) is 10.9 Å². The number of rotatable bonds is 3. The molecule has 7 nitrogen and oxygen atoms in total. The Hall–Kier alpha value is -4.55. The van der Waals surface area contributed by atoms with Crippen molar-refractivity contribution in [3.63, 3.8) is 0 Å². The van der Waals surface area contributed by atoms with Gasteiger partial charge in [-0.05, 0) is 62.2 Å². The molecular formula is C29H22FN5O2S. The molecule has 0 fully saturated rings. The molecule has 1 atom stereocenters. The molecule has 1 aliphatic heterocycles. The first kappa shape index (κ1) is 23.8. The summed E-state index contributed by atoms with van der Waals surface area (Å²) in [6.07, 6.45) is 1.46. The molecule has 38 heavy (non-hydrogen) atoms. The second-order valence-electron chi connectivity index (χ2n) is 9.44. The van der Waals surface area contributed by atoms with Gasteiger partial charge in [-0.15, -0.1) is 11.3 Å². The van der Waals surface area contributed by atoms with E-state index in [1.807, 2.05) is 24.4 Å². The number of ketones is 1. The van der Waals surface area contributed by atoms with Gasteiger partial charge in [-0.2, -0.15) is 9.65 Å². The van der Waals surface area contributed by atoms with Gasteiger partial charge in [0, 0.05) is 39.6 Å². The van der Waals surface area contributed by atoms with Crippen molar-refractivity contribution in [3.05, 3.63) is 93.6 Å². The van der Waals surface area contributed by atoms with E-state index in [1.165, 1.54) is 11.3 Å². The van der Waals surface area contributed by atoms with E-state index in [0.29, 0.717) is 46.9 Å². The van der Waals surface area contributed by atoms with Crippen LogP contribution < -0.4 is 10.6 Å². The van der Waals surface area contributed by atoms with Gasteiger partial charge in [0.05, 0.1) is 28.8 Å². The first-order valence-corrected chi connectivity index (χ1v) is 13.0. The minimum Gasteiger partial charge on any atom is -0.508 e. The van der Waals surface area contributed by atoms with Crippen molar-refractivity contribution in [2.75, 3.05) is 4.90 Å². The molecule has 2 aromatic carbocycles. The minimum atomic E-state index is -0.951. The highest BCUT2D eigenvalue weighted by molar-refractivity contribution is 7.14. The number of benzene rings is 2. The maximum Gasteiger partial charge on any atom is 0.217 e. The van der Waals surface area contributed by atoms with Crippen molar-refractivity contribution in [2.45, 2.75) is 32.1 Å². The number of Topliss-reactive ketones (excluding diaryl/α,β-unsaturated/α-hetero) is 1. The van der Waals surface area contributed by atoms with Crippen LogP contribution in [0.2, 0.25) is 0 Å². The molecule has 0 bridgehead atoms. The van der Waals surface area contributed by atoms with Crippen LogP contribution in [0, 0.1) is 24.2 Å². The fourth-order valence-electron chi connectivity index (χ4n) is 5.24. The number of carbonyl (C=O) groups excluding carboxylic acids is 1. The summed E-state index contributed by atoms with van der Waals surface area (Å²) in [4.78, 5) is 24.0. The minimum absolute atomic E-state index is 0.0908. The average molecular weight is 524 g/mol. The normalized spacial score (nSPS) is 17.7. The van der Waals surface area contributed by atoms with E-state index in [9.17, 15) is 15.2 Å². The van der Waals surface area contributed by atoms with E-state index in [1.54, 1.807) is 41.3 Å². The molecule has 2 aliphatic rings. The molecule has 2 aromatic heterocycles. The number of phenolic OH excluding ortho intramolecular Hbond substituents is 1. The smallest absolute Gasteiger partial charge is 0.217 e. The first-order chi connectivity index (χ1) is 18.4. The Balaban J connectivity index is 1.53. The lowest BCUT2D eigenvalue weighted by Gasteiger charge is -2.38. The van der Waals surface area contributed by atoms with Crippen LogP contribution in [0.25, 0.3) is 22.2 Å². The molecule has 0 amide bonds. The standard InChI is InChI=1S/C29H22FN5O2S/c1-15-5-10-21-17(11-15)12-19(27(30)33-21)25-20(13-31)28(32)35(23-3-2-4-24(37)26(23)25)29-34-22(14-38-29)16-6-8-18(36)9-7-16/h5-12,14,25,36H,2-4,32H2,1H3. The number of aromatic nitrogens is 2. The number of anilines is 1. The van der Waals surface area contributed by atoms with Crippen molar-refractivity contribution in [3.8, 4) is 23.1 Å². The Morgan fingerprint density at radius 2 is 1.95 bits per heavy atom. The number of hydrogen-bond acceptors (Lipinski definition) is 8. The third-order valence-corrected chi connectivity index (χ3v) is 7.85. The quantitative estimate of drug-likeness (QED) is 0.325. The summed E-state index contributed by atoms with van der Waals surface area (Å²) < 4.78 is 15.5. The second-order valence-corrected chi connectivity index (χ2v) is 10.3. The van der Waals surface area contributed by atoms with Crippen molar-refractivity contribution in [2.24, 2.45) is 5.73 Å². The Morgan fingerprint density at radius 1 is 1.16 bits per heavy atom. The van der Waals surface area contributed by atoms with Crippen molar-refractivity contribution in [1.29, 1.82) is 5.26 Å². The summed E-state index contributed by atoms with van der Waals surface area (Å²) >= 11 is 1.33. The molecule has 6 rings (SSSR count). The lowest BCUT2D eigenvalue weighted by molar-refractivity contribution is -0.116. The third kappa shape index (κ3) is 3.81. The first-order valence-electron chi connectivity index (χ1n) is 12.1. The number of pyridine rings is 1. The zero-order valence-corrected chi connectivity index (χ0v) is 21.2. The Kier molecular flexibility index (Phi) is 5.69. The number of halogens is 1. The van der Waals surface area contributed by atoms with E-state index >= 15 is 4.39 Å². The van der Waals surface area contributed by atoms with Gasteiger partial charge in [0.25, 0.3) is 0 Å². The van der Waals surface area contributed by atoms with Crippen molar-refractivity contribution >= 4 is 33.2 Å². The van der Waals surface area contributed by atoms with Gasteiger partial charge in [-0.1, -0.05) is 11.6 Å². The van der Waals surface area contributed by atoms with Crippen LogP contribution in [0.5, 0.6) is 5.75 Å². The molecule has 1 aliphatic carbocycles. The fourth-order valence-corrected chi connectivity index (χ4v) is 6.11. The number of hydrogen-bond donors (Lipinski definition) is 2. The molecule has 3 heterocycles. The number of nitrogens with two attached hydrogens (primary N) is 1. The topological polar surface area (TPSA) is 116 Å². The summed E-state index contributed by atoms with van der Waals surface area (Å²) in [6.45, 7) is 1.94. The predicted octanol–water partition coefficient (Wildman–Crippen LogP) is 5.82. The van der Waals surface area contributed by atoms with E-state index in [2.05, 4.69) is 11.1 Å². The predicted molar refractivity (Wildman–Crippen MR) is 144 cm³/mol. The summed E-state index contributed by atoms with van der Waals surface area (Å²) in [5.74, 6) is -1.54. The van der Waals surface area contributed by atoms with Crippen LogP contribution in [0.1, 0.15) is 36.3 Å². The van der Waals surface area contributed by atoms with Crippen LogP contribution in [0.15, 0.2) is 76.6 Å². The van der Waals surface area contributed by atoms with Gasteiger partial charge >= 0.3 is 0 Å². The number of nitrogens with zero attached hydrogens (tertiary/aromatic N) is 4. The average Bonchev–Trinajstić information content (AvgIpc) is 3.38. The number of aryl methyl sites for hydroxylation is 1. The van der Waals surface area contributed by atoms with E-state index in [4.69, 9.17) is 10.7 Å². The van der Waals surface area contributed by atoms with Crippen LogP contribution in [-0.2, 0) is 4.79 Å². The number of aromatic hydroxyl groups is 1. The number of fused-ring (bicyclic) bond motifs is 1. The maximum absolute atomic E-state index is 15.5. The number of allylic oxidation sites excluding steroid dienone is 3. The van der Waals surface area contributed by atoms with Crippen LogP contribution in [0.4, 0.5) is 9.52 Å². The molecule has 0 spiro atoms. The molecule has 9 heteroatoms. The molecule has 0 saturated heterocycles. The highest BCUT2D eigenvalue weighted by atomic mass is 32.1. The Labute approximate surface area is 222 Å². The second kappa shape index (κ2) is 9.08. The van der Waals surface area contributed by atoms with Crippen LogP contribution in [-0.4, -0.2) is 20.9 Å². The van der Waals surface area contributed by atoms with Crippen molar-refractivity contribution < 1.29 is 14.3 Å². The van der Waals surface area contributed by atoms with Crippen molar-refractivity contribution in [1.82, 2.24) is 9.97 Å². The number of phenols is 1. The number of nitriles is 1. The zero-order valence-electron chi connectivity index (χ0n) is 20.4. The highest BCUT2D eigenvalue weighted by Crippen LogP contribution is 2.47. The van der Waals surface area contributed by atoms with Gasteiger partial charge in [0.1, 0.15) is 11.6 Å². The third-order valence-electron chi connectivity index (χ3n) is 7.02. The van der Waals surface area contributed by atoms with E-state index in [0.717, 1.165) is 16.5 Å².